The molecular formula is C29H50N6O2. The lowest BCUT2D eigenvalue weighted by Crippen LogP contribution is -2.54. The maximum absolute atomic E-state index is 14.1. The number of carbonyl (C=O) groups excluding carboxylic acids is 2. The molecule has 3 aliphatic carbocycles. The summed E-state index contributed by atoms with van der Waals surface area (Å²) in [6, 6.07) is 0.524. The molecule has 0 aromatic heterocycles. The van der Waals surface area contributed by atoms with Gasteiger partial charge in [-0.05, 0) is 81.5 Å². The summed E-state index contributed by atoms with van der Waals surface area (Å²) in [5.74, 6) is 3.41. The number of amidine groups is 1. The highest BCUT2D eigenvalue weighted by molar-refractivity contribution is 5.83. The normalized spacial score (nSPS) is 38.5. The number of hydrogen-bond acceptors (Lipinski definition) is 5. The number of fused-ring (bicyclic) bond motifs is 2. The molecule has 8 atom stereocenters. The second-order valence-corrected chi connectivity index (χ2v) is 13.0. The van der Waals surface area contributed by atoms with Crippen molar-refractivity contribution in [3.8, 4) is 0 Å². The van der Waals surface area contributed by atoms with Crippen molar-refractivity contribution in [3.05, 3.63) is 0 Å². The Morgan fingerprint density at radius 1 is 0.892 bits per heavy atom. The number of piperidine rings is 1. The standard InChI is InChI=1S/C29H50N6O2/c30-12-10-27(36)33-24-7-3-4-19(14-24)17-35-25-16-22(28(31)32)9-8-21(25)15-26(35)29(37)34-13-11-20-5-1-2-6-23(20)18-34/h19-26H,1-18,30H2,(H3,31,32)(H,33,36). The van der Waals surface area contributed by atoms with Crippen molar-refractivity contribution in [2.45, 2.75) is 108 Å². The quantitative estimate of drug-likeness (QED) is 0.307. The second-order valence-electron chi connectivity index (χ2n) is 13.0. The highest BCUT2D eigenvalue weighted by Gasteiger charge is 2.49. The van der Waals surface area contributed by atoms with Gasteiger partial charge in [0.25, 0.3) is 0 Å². The smallest absolute Gasteiger partial charge is 0.239 e. The largest absolute Gasteiger partial charge is 0.387 e. The lowest BCUT2D eigenvalue weighted by molar-refractivity contribution is -0.140. The molecule has 3 saturated carbocycles. The molecule has 8 heteroatoms. The van der Waals surface area contributed by atoms with E-state index in [0.29, 0.717) is 48.5 Å². The number of nitrogens with two attached hydrogens (primary N) is 2. The van der Waals surface area contributed by atoms with Crippen LogP contribution in [0.15, 0.2) is 0 Å². The number of carbonyl (C=O) groups is 2. The third-order valence-electron chi connectivity index (χ3n) is 10.6. The Morgan fingerprint density at radius 3 is 2.49 bits per heavy atom. The predicted octanol–water partition coefficient (Wildman–Crippen LogP) is 2.84. The van der Waals surface area contributed by atoms with E-state index < -0.39 is 0 Å². The van der Waals surface area contributed by atoms with Gasteiger partial charge in [-0.1, -0.05) is 25.7 Å². The van der Waals surface area contributed by atoms with E-state index in [9.17, 15) is 9.59 Å². The highest BCUT2D eigenvalue weighted by atomic mass is 16.2. The zero-order valence-corrected chi connectivity index (χ0v) is 22.7. The molecular weight excluding hydrogens is 464 g/mol. The molecule has 0 aromatic rings. The number of hydrogen-bond donors (Lipinski definition) is 4. The van der Waals surface area contributed by atoms with Crippen LogP contribution in [0.2, 0.25) is 0 Å². The third kappa shape index (κ3) is 6.16. The van der Waals surface area contributed by atoms with Crippen LogP contribution in [-0.2, 0) is 9.59 Å². The lowest BCUT2D eigenvalue weighted by atomic mass is 9.75. The fourth-order valence-electron chi connectivity index (χ4n) is 8.66. The number of nitrogens with zero attached hydrogens (tertiary/aromatic N) is 2. The molecule has 2 amide bonds. The molecule has 2 heterocycles. The topological polar surface area (TPSA) is 129 Å². The minimum absolute atomic E-state index is 0.0342. The summed E-state index contributed by atoms with van der Waals surface area (Å²) in [7, 11) is 0. The molecule has 2 saturated heterocycles. The van der Waals surface area contributed by atoms with Crippen molar-refractivity contribution in [1.29, 1.82) is 5.41 Å². The summed E-state index contributed by atoms with van der Waals surface area (Å²) in [6.45, 7) is 3.19. The van der Waals surface area contributed by atoms with E-state index >= 15 is 0 Å². The molecule has 208 valence electrons. The summed E-state index contributed by atoms with van der Waals surface area (Å²) in [4.78, 5) is 31.1. The molecule has 0 radical (unpaired) electrons. The molecule has 5 rings (SSSR count). The van der Waals surface area contributed by atoms with Crippen molar-refractivity contribution in [2.24, 2.45) is 41.1 Å². The van der Waals surface area contributed by atoms with E-state index in [2.05, 4.69) is 15.1 Å². The van der Waals surface area contributed by atoms with Gasteiger partial charge in [-0.3, -0.25) is 19.9 Å². The highest BCUT2D eigenvalue weighted by Crippen LogP contribution is 2.44. The van der Waals surface area contributed by atoms with Gasteiger partial charge >= 0.3 is 0 Å². The van der Waals surface area contributed by atoms with Gasteiger partial charge in [-0.25, -0.2) is 0 Å². The Morgan fingerprint density at radius 2 is 1.70 bits per heavy atom. The maximum Gasteiger partial charge on any atom is 0.239 e. The SMILES string of the molecule is N=C(N)C1CCC2CC(C(=O)N3CCC4CCCCC4C3)N(CC3CCCC(NC(=O)CCN)C3)C2C1. The summed E-state index contributed by atoms with van der Waals surface area (Å²) in [5, 5.41) is 11.3. The minimum Gasteiger partial charge on any atom is -0.387 e. The van der Waals surface area contributed by atoms with Crippen LogP contribution in [0.4, 0.5) is 0 Å². The van der Waals surface area contributed by atoms with Gasteiger partial charge in [-0.2, -0.15) is 0 Å². The van der Waals surface area contributed by atoms with Crippen molar-refractivity contribution in [2.75, 3.05) is 26.2 Å². The first-order valence-corrected chi connectivity index (χ1v) is 15.3. The van der Waals surface area contributed by atoms with E-state index in [0.717, 1.165) is 76.9 Å². The summed E-state index contributed by atoms with van der Waals surface area (Å²) in [6.07, 6.45) is 15.1. The van der Waals surface area contributed by atoms with Gasteiger partial charge in [0.1, 0.15) is 0 Å². The molecule has 5 fully saturated rings. The Bertz CT molecular complexity index is 835. The molecule has 5 aliphatic rings. The van der Waals surface area contributed by atoms with Crippen LogP contribution < -0.4 is 16.8 Å². The number of amides is 2. The molecule has 0 spiro atoms. The van der Waals surface area contributed by atoms with Crippen LogP contribution in [0.5, 0.6) is 0 Å². The monoisotopic (exact) mass is 514 g/mol. The van der Waals surface area contributed by atoms with E-state index in [4.69, 9.17) is 16.9 Å². The maximum atomic E-state index is 14.1. The zero-order valence-electron chi connectivity index (χ0n) is 22.7. The molecule has 37 heavy (non-hydrogen) atoms. The van der Waals surface area contributed by atoms with Crippen molar-refractivity contribution in [3.63, 3.8) is 0 Å². The van der Waals surface area contributed by atoms with Gasteiger partial charge < -0.3 is 21.7 Å². The number of nitrogens with one attached hydrogen (secondary N) is 2. The van der Waals surface area contributed by atoms with Crippen LogP contribution in [0, 0.1) is 35.0 Å². The molecule has 8 nitrogen and oxygen atoms in total. The summed E-state index contributed by atoms with van der Waals surface area (Å²) >= 11 is 0. The average Bonchev–Trinajstić information content (AvgIpc) is 3.25. The molecule has 0 bridgehead atoms. The summed E-state index contributed by atoms with van der Waals surface area (Å²) < 4.78 is 0. The average molecular weight is 515 g/mol. The zero-order chi connectivity index (χ0) is 25.9. The van der Waals surface area contributed by atoms with Gasteiger partial charge in [0.05, 0.1) is 11.9 Å². The Hall–Kier alpha value is -1.67. The number of rotatable bonds is 7. The van der Waals surface area contributed by atoms with E-state index in [1.807, 2.05) is 0 Å². The Labute approximate surface area is 223 Å². The molecule has 8 unspecified atom stereocenters. The van der Waals surface area contributed by atoms with Crippen molar-refractivity contribution >= 4 is 17.6 Å². The first kappa shape index (κ1) is 26.9. The lowest BCUT2D eigenvalue weighted by Gasteiger charge is -2.44. The van der Waals surface area contributed by atoms with E-state index in [-0.39, 0.29) is 23.9 Å². The summed E-state index contributed by atoms with van der Waals surface area (Å²) in [5.41, 5.74) is 11.6. The first-order valence-electron chi connectivity index (χ1n) is 15.3. The predicted molar refractivity (Wildman–Crippen MR) is 146 cm³/mol. The van der Waals surface area contributed by atoms with E-state index in [1.165, 1.54) is 32.1 Å². The van der Waals surface area contributed by atoms with Crippen LogP contribution in [-0.4, -0.2) is 71.8 Å². The minimum atomic E-state index is -0.0342. The molecule has 2 aliphatic heterocycles. The third-order valence-corrected chi connectivity index (χ3v) is 10.6. The van der Waals surface area contributed by atoms with Gasteiger partial charge in [0.15, 0.2) is 0 Å². The number of likely N-dealkylation sites (tertiary alicyclic amines) is 2. The van der Waals surface area contributed by atoms with Gasteiger partial charge in [0.2, 0.25) is 11.8 Å². The Balaban J connectivity index is 1.29. The van der Waals surface area contributed by atoms with Crippen molar-refractivity contribution in [1.82, 2.24) is 15.1 Å². The fraction of sp³-hybridized carbons (Fsp3) is 0.897. The van der Waals surface area contributed by atoms with Crippen molar-refractivity contribution < 1.29 is 9.59 Å². The second kappa shape index (κ2) is 12.0. The van der Waals surface area contributed by atoms with Gasteiger partial charge in [-0.15, -0.1) is 0 Å². The Kier molecular flexibility index (Phi) is 8.74. The molecule has 6 N–H and O–H groups in total. The fourth-order valence-corrected chi connectivity index (χ4v) is 8.66. The van der Waals surface area contributed by atoms with Crippen LogP contribution >= 0.6 is 0 Å². The molecule has 0 aromatic carbocycles. The first-order chi connectivity index (χ1) is 17.9. The van der Waals surface area contributed by atoms with E-state index in [1.54, 1.807) is 0 Å². The van der Waals surface area contributed by atoms with Crippen LogP contribution in [0.3, 0.4) is 0 Å². The van der Waals surface area contributed by atoms with Gasteiger partial charge in [0, 0.05) is 50.6 Å². The van der Waals surface area contributed by atoms with Crippen LogP contribution in [0.25, 0.3) is 0 Å². The van der Waals surface area contributed by atoms with Crippen LogP contribution in [0.1, 0.15) is 89.9 Å².